The lowest BCUT2D eigenvalue weighted by molar-refractivity contribution is -0.0615. The molecule has 21 heavy (non-hydrogen) atoms. The third-order valence-electron chi connectivity index (χ3n) is 3.40. The van der Waals surface area contributed by atoms with Crippen LogP contribution in [0.25, 0.3) is 0 Å². The number of ether oxygens (including phenoxy) is 2. The number of hydrogen-bond donors (Lipinski definition) is 1. The highest BCUT2D eigenvalue weighted by Gasteiger charge is 2.30. The maximum absolute atomic E-state index is 12.5. The average molecular weight is 292 g/mol. The van der Waals surface area contributed by atoms with Crippen molar-refractivity contribution in [2.45, 2.75) is 58.3 Å². The summed E-state index contributed by atoms with van der Waals surface area (Å²) >= 11 is 0. The molecule has 1 fully saturated rings. The summed E-state index contributed by atoms with van der Waals surface area (Å²) in [5.74, 6) is 0.248. The van der Waals surface area contributed by atoms with Gasteiger partial charge in [0.1, 0.15) is 5.56 Å². The Hall–Kier alpha value is -1.62. The minimum Gasteiger partial charge on any atom is -0.474 e. The lowest BCUT2D eigenvalue weighted by Crippen LogP contribution is -2.45. The van der Waals surface area contributed by atoms with E-state index in [0.717, 1.165) is 12.8 Å². The number of nitrogens with one attached hydrogen (secondary N) is 1. The van der Waals surface area contributed by atoms with Crippen molar-refractivity contribution in [2.75, 3.05) is 6.61 Å². The Bertz CT molecular complexity index is 500. The van der Waals surface area contributed by atoms with Crippen LogP contribution >= 0.6 is 0 Å². The minimum absolute atomic E-state index is 0.0199. The first-order valence-corrected chi connectivity index (χ1v) is 7.44. The highest BCUT2D eigenvalue weighted by Crippen LogP contribution is 2.24. The van der Waals surface area contributed by atoms with Gasteiger partial charge in [0.15, 0.2) is 0 Å². The number of aromatic nitrogens is 1. The van der Waals surface area contributed by atoms with E-state index in [1.807, 2.05) is 27.7 Å². The van der Waals surface area contributed by atoms with Crippen molar-refractivity contribution in [3.05, 3.63) is 23.9 Å². The van der Waals surface area contributed by atoms with Crippen molar-refractivity contribution >= 4 is 5.91 Å². The fourth-order valence-corrected chi connectivity index (χ4v) is 2.50. The van der Waals surface area contributed by atoms with Crippen molar-refractivity contribution in [1.29, 1.82) is 0 Å². The summed E-state index contributed by atoms with van der Waals surface area (Å²) in [6.07, 6.45) is 3.25. The van der Waals surface area contributed by atoms with Crippen molar-refractivity contribution in [3.63, 3.8) is 0 Å². The monoisotopic (exact) mass is 292 g/mol. The van der Waals surface area contributed by atoms with Crippen LogP contribution < -0.4 is 10.1 Å². The van der Waals surface area contributed by atoms with Gasteiger partial charge in [0.25, 0.3) is 5.91 Å². The van der Waals surface area contributed by atoms with E-state index in [9.17, 15) is 4.79 Å². The molecule has 0 saturated carbocycles. The van der Waals surface area contributed by atoms with E-state index >= 15 is 0 Å². The number of carbonyl (C=O) groups is 1. The molecule has 1 amide bonds. The van der Waals surface area contributed by atoms with Gasteiger partial charge in [-0.15, -0.1) is 0 Å². The highest BCUT2D eigenvalue weighted by atomic mass is 16.5. The second-order valence-electron chi connectivity index (χ2n) is 6.29. The van der Waals surface area contributed by atoms with Gasteiger partial charge in [-0.05, 0) is 52.7 Å². The Kier molecular flexibility index (Phi) is 4.83. The van der Waals surface area contributed by atoms with E-state index in [0.29, 0.717) is 18.1 Å². The standard InChI is InChI=1S/C16H24N2O3/c1-11(2)21-15-13(6-5-8-17-15)14(19)18-12-7-9-20-16(3,4)10-12/h5-6,8,11-12H,7,9-10H2,1-4H3,(H,18,19). The predicted octanol–water partition coefficient (Wildman–Crippen LogP) is 2.56. The Morgan fingerprint density at radius 2 is 2.29 bits per heavy atom. The third-order valence-corrected chi connectivity index (χ3v) is 3.40. The summed E-state index contributed by atoms with van der Waals surface area (Å²) in [7, 11) is 0. The van der Waals surface area contributed by atoms with Crippen LogP contribution in [0.2, 0.25) is 0 Å². The van der Waals surface area contributed by atoms with Crippen LogP contribution in [-0.2, 0) is 4.74 Å². The molecular formula is C16H24N2O3. The molecule has 1 aromatic heterocycles. The molecule has 0 aromatic carbocycles. The second kappa shape index (κ2) is 6.43. The molecule has 0 spiro atoms. The Balaban J connectivity index is 2.06. The van der Waals surface area contributed by atoms with Crippen LogP contribution in [0.15, 0.2) is 18.3 Å². The molecule has 116 valence electrons. The molecule has 0 aliphatic carbocycles. The lowest BCUT2D eigenvalue weighted by atomic mass is 9.94. The summed E-state index contributed by atoms with van der Waals surface area (Å²) in [4.78, 5) is 16.6. The van der Waals surface area contributed by atoms with Gasteiger partial charge in [-0.2, -0.15) is 0 Å². The maximum Gasteiger partial charge on any atom is 0.256 e. The summed E-state index contributed by atoms with van der Waals surface area (Å²) in [5.41, 5.74) is 0.290. The largest absolute Gasteiger partial charge is 0.474 e. The molecule has 1 saturated heterocycles. The van der Waals surface area contributed by atoms with Gasteiger partial charge in [0, 0.05) is 18.8 Å². The topological polar surface area (TPSA) is 60.5 Å². The fourth-order valence-electron chi connectivity index (χ4n) is 2.50. The van der Waals surface area contributed by atoms with Gasteiger partial charge in [0.2, 0.25) is 5.88 Å². The Morgan fingerprint density at radius 1 is 1.52 bits per heavy atom. The first-order chi connectivity index (χ1) is 9.87. The minimum atomic E-state index is -0.192. The molecule has 1 unspecified atom stereocenters. The zero-order valence-corrected chi connectivity index (χ0v) is 13.2. The second-order valence-corrected chi connectivity index (χ2v) is 6.29. The molecule has 2 heterocycles. The number of carbonyl (C=O) groups excluding carboxylic acids is 1. The van der Waals surface area contributed by atoms with Crippen molar-refractivity contribution in [2.24, 2.45) is 0 Å². The Morgan fingerprint density at radius 3 is 2.95 bits per heavy atom. The molecule has 1 atom stereocenters. The number of pyridine rings is 1. The van der Waals surface area contributed by atoms with E-state index in [1.165, 1.54) is 0 Å². The summed E-state index contributed by atoms with van der Waals surface area (Å²) in [6.45, 7) is 8.58. The first-order valence-electron chi connectivity index (χ1n) is 7.44. The quantitative estimate of drug-likeness (QED) is 0.926. The summed E-state index contributed by atoms with van der Waals surface area (Å²) in [5, 5.41) is 3.07. The van der Waals surface area contributed by atoms with Crippen molar-refractivity contribution < 1.29 is 14.3 Å². The van der Waals surface area contributed by atoms with Crippen LogP contribution in [0.5, 0.6) is 5.88 Å². The van der Waals surface area contributed by atoms with E-state index < -0.39 is 0 Å². The van der Waals surface area contributed by atoms with Gasteiger partial charge in [-0.1, -0.05) is 0 Å². The molecule has 2 rings (SSSR count). The number of rotatable bonds is 4. The highest BCUT2D eigenvalue weighted by molar-refractivity contribution is 5.96. The van der Waals surface area contributed by atoms with Crippen molar-refractivity contribution in [3.8, 4) is 5.88 Å². The van der Waals surface area contributed by atoms with Gasteiger partial charge in [0.05, 0.1) is 11.7 Å². The summed E-state index contributed by atoms with van der Waals surface area (Å²) in [6, 6.07) is 3.61. The van der Waals surface area contributed by atoms with Gasteiger partial charge >= 0.3 is 0 Å². The van der Waals surface area contributed by atoms with Gasteiger partial charge < -0.3 is 14.8 Å². The summed E-state index contributed by atoms with van der Waals surface area (Å²) < 4.78 is 11.3. The van der Waals surface area contributed by atoms with E-state index in [-0.39, 0.29) is 23.7 Å². The van der Waals surface area contributed by atoms with E-state index in [4.69, 9.17) is 9.47 Å². The molecule has 1 aliphatic heterocycles. The smallest absolute Gasteiger partial charge is 0.256 e. The molecule has 1 aliphatic rings. The van der Waals surface area contributed by atoms with Crippen LogP contribution in [0.1, 0.15) is 50.9 Å². The lowest BCUT2D eigenvalue weighted by Gasteiger charge is -2.35. The van der Waals surface area contributed by atoms with Crippen LogP contribution in [0, 0.1) is 0 Å². The van der Waals surface area contributed by atoms with E-state index in [1.54, 1.807) is 18.3 Å². The first kappa shape index (κ1) is 15.8. The van der Waals surface area contributed by atoms with Crippen LogP contribution in [0.4, 0.5) is 0 Å². The normalized spacial score (nSPS) is 21.1. The maximum atomic E-state index is 12.5. The zero-order chi connectivity index (χ0) is 15.5. The van der Waals surface area contributed by atoms with Gasteiger partial charge in [-0.3, -0.25) is 4.79 Å². The average Bonchev–Trinajstić information content (AvgIpc) is 2.37. The molecule has 1 aromatic rings. The molecular weight excluding hydrogens is 268 g/mol. The number of nitrogens with zero attached hydrogens (tertiary/aromatic N) is 1. The van der Waals surface area contributed by atoms with E-state index in [2.05, 4.69) is 10.3 Å². The molecule has 0 bridgehead atoms. The predicted molar refractivity (Wildman–Crippen MR) is 80.5 cm³/mol. The molecule has 1 N–H and O–H groups in total. The fraction of sp³-hybridized carbons (Fsp3) is 0.625. The van der Waals surface area contributed by atoms with Crippen LogP contribution in [-0.4, -0.2) is 35.2 Å². The third kappa shape index (κ3) is 4.43. The number of hydrogen-bond acceptors (Lipinski definition) is 4. The molecule has 0 radical (unpaired) electrons. The molecule has 5 heteroatoms. The van der Waals surface area contributed by atoms with Crippen LogP contribution in [0.3, 0.4) is 0 Å². The van der Waals surface area contributed by atoms with Gasteiger partial charge in [-0.25, -0.2) is 4.98 Å². The Labute approximate surface area is 126 Å². The SMILES string of the molecule is CC(C)Oc1ncccc1C(=O)NC1CCOC(C)(C)C1. The molecule has 5 nitrogen and oxygen atoms in total. The number of amides is 1. The van der Waals surface area contributed by atoms with Crippen molar-refractivity contribution in [1.82, 2.24) is 10.3 Å². The zero-order valence-electron chi connectivity index (χ0n) is 13.2.